The highest BCUT2D eigenvalue weighted by molar-refractivity contribution is 7.07. The average molecular weight is 246 g/mol. The van der Waals surface area contributed by atoms with Gasteiger partial charge in [0.25, 0.3) is 0 Å². The molecule has 0 amide bonds. The van der Waals surface area contributed by atoms with Gasteiger partial charge in [0.05, 0.1) is 0 Å². The van der Waals surface area contributed by atoms with Crippen LogP contribution in [0.2, 0.25) is 0 Å². The SMILES string of the molecule is C[C@@H](N)c1ccc(N(C)Cc2ccsc2)cc1. The lowest BCUT2D eigenvalue weighted by molar-refractivity contribution is 0.817. The van der Waals surface area contributed by atoms with Crippen LogP contribution < -0.4 is 10.6 Å². The summed E-state index contributed by atoms with van der Waals surface area (Å²) in [6.45, 7) is 2.95. The number of hydrogen-bond donors (Lipinski definition) is 1. The predicted molar refractivity (Wildman–Crippen MR) is 75.5 cm³/mol. The molecule has 1 aromatic carbocycles. The maximum Gasteiger partial charge on any atom is 0.0434 e. The van der Waals surface area contributed by atoms with E-state index >= 15 is 0 Å². The van der Waals surface area contributed by atoms with Gasteiger partial charge in [-0.05, 0) is 47.0 Å². The van der Waals surface area contributed by atoms with Crippen molar-refractivity contribution in [3.8, 4) is 0 Å². The lowest BCUT2D eigenvalue weighted by Crippen LogP contribution is -2.16. The van der Waals surface area contributed by atoms with E-state index in [-0.39, 0.29) is 6.04 Å². The monoisotopic (exact) mass is 246 g/mol. The second-order valence-corrected chi connectivity index (χ2v) is 5.15. The van der Waals surface area contributed by atoms with Crippen molar-refractivity contribution in [1.82, 2.24) is 0 Å². The summed E-state index contributed by atoms with van der Waals surface area (Å²) in [6.07, 6.45) is 0. The fraction of sp³-hybridized carbons (Fsp3) is 0.286. The van der Waals surface area contributed by atoms with Gasteiger partial charge in [-0.25, -0.2) is 0 Å². The molecule has 1 aromatic heterocycles. The third kappa shape index (κ3) is 3.08. The Morgan fingerprint density at radius 2 is 1.94 bits per heavy atom. The van der Waals surface area contributed by atoms with Crippen LogP contribution in [0, 0.1) is 0 Å². The second kappa shape index (κ2) is 5.34. The first-order valence-corrected chi connectivity index (χ1v) is 6.69. The molecule has 0 bridgehead atoms. The standard InChI is InChI=1S/C14H18N2S/c1-11(15)13-3-5-14(6-4-13)16(2)9-12-7-8-17-10-12/h3-8,10-11H,9,15H2,1-2H3/t11-/m1/s1. The van der Waals surface area contributed by atoms with Gasteiger partial charge in [-0.15, -0.1) is 0 Å². The van der Waals surface area contributed by atoms with E-state index in [2.05, 4.69) is 53.0 Å². The van der Waals surface area contributed by atoms with Crippen LogP contribution in [-0.2, 0) is 6.54 Å². The van der Waals surface area contributed by atoms with Crippen LogP contribution in [0.25, 0.3) is 0 Å². The molecule has 3 heteroatoms. The number of nitrogens with two attached hydrogens (primary N) is 1. The summed E-state index contributed by atoms with van der Waals surface area (Å²) in [6, 6.07) is 10.7. The molecule has 0 aliphatic heterocycles. The summed E-state index contributed by atoms with van der Waals surface area (Å²) >= 11 is 1.74. The van der Waals surface area contributed by atoms with E-state index in [1.807, 2.05) is 6.92 Å². The summed E-state index contributed by atoms with van der Waals surface area (Å²) < 4.78 is 0. The van der Waals surface area contributed by atoms with Crippen molar-refractivity contribution >= 4 is 17.0 Å². The maximum absolute atomic E-state index is 5.84. The second-order valence-electron chi connectivity index (χ2n) is 4.37. The summed E-state index contributed by atoms with van der Waals surface area (Å²) in [5.41, 5.74) is 9.59. The van der Waals surface area contributed by atoms with E-state index in [0.29, 0.717) is 0 Å². The first-order valence-electron chi connectivity index (χ1n) is 5.74. The van der Waals surface area contributed by atoms with Crippen molar-refractivity contribution in [1.29, 1.82) is 0 Å². The smallest absolute Gasteiger partial charge is 0.0434 e. The molecule has 2 rings (SSSR count). The van der Waals surface area contributed by atoms with Crippen molar-refractivity contribution in [2.75, 3.05) is 11.9 Å². The van der Waals surface area contributed by atoms with Crippen molar-refractivity contribution in [2.24, 2.45) is 5.73 Å². The van der Waals surface area contributed by atoms with Gasteiger partial charge in [0.15, 0.2) is 0 Å². The topological polar surface area (TPSA) is 29.3 Å². The van der Waals surface area contributed by atoms with Crippen molar-refractivity contribution in [2.45, 2.75) is 19.5 Å². The molecule has 2 N–H and O–H groups in total. The molecule has 1 heterocycles. The molecule has 90 valence electrons. The Morgan fingerprint density at radius 3 is 2.47 bits per heavy atom. The highest BCUT2D eigenvalue weighted by Crippen LogP contribution is 2.19. The van der Waals surface area contributed by atoms with E-state index in [4.69, 9.17) is 5.73 Å². The fourth-order valence-electron chi connectivity index (χ4n) is 1.78. The Labute approximate surface area is 107 Å². The fourth-order valence-corrected chi connectivity index (χ4v) is 2.44. The van der Waals surface area contributed by atoms with Crippen LogP contribution in [0.5, 0.6) is 0 Å². The van der Waals surface area contributed by atoms with Gasteiger partial charge in [-0.1, -0.05) is 12.1 Å². The zero-order chi connectivity index (χ0) is 12.3. The third-order valence-corrected chi connectivity index (χ3v) is 3.59. The number of nitrogens with zero attached hydrogens (tertiary/aromatic N) is 1. The van der Waals surface area contributed by atoms with Crippen LogP contribution in [0.4, 0.5) is 5.69 Å². The third-order valence-electron chi connectivity index (χ3n) is 2.86. The number of benzene rings is 1. The molecule has 0 unspecified atom stereocenters. The molecule has 2 nitrogen and oxygen atoms in total. The van der Waals surface area contributed by atoms with Gasteiger partial charge in [0.2, 0.25) is 0 Å². The lowest BCUT2D eigenvalue weighted by atomic mass is 10.1. The Hall–Kier alpha value is -1.32. The van der Waals surface area contributed by atoms with Gasteiger partial charge in [0, 0.05) is 25.3 Å². The predicted octanol–water partition coefficient (Wildman–Crippen LogP) is 3.40. The van der Waals surface area contributed by atoms with E-state index < -0.39 is 0 Å². The summed E-state index contributed by atoms with van der Waals surface area (Å²) in [7, 11) is 2.11. The molecule has 0 saturated carbocycles. The molecular weight excluding hydrogens is 228 g/mol. The van der Waals surface area contributed by atoms with Crippen LogP contribution >= 0.6 is 11.3 Å². The molecule has 0 fully saturated rings. The minimum atomic E-state index is 0.103. The van der Waals surface area contributed by atoms with Crippen molar-refractivity contribution < 1.29 is 0 Å². The largest absolute Gasteiger partial charge is 0.370 e. The molecule has 2 aromatic rings. The van der Waals surface area contributed by atoms with Gasteiger partial charge in [-0.3, -0.25) is 0 Å². The molecule has 0 saturated heterocycles. The molecule has 0 aliphatic rings. The van der Waals surface area contributed by atoms with E-state index in [0.717, 1.165) is 6.54 Å². The zero-order valence-corrected chi connectivity index (χ0v) is 11.1. The Morgan fingerprint density at radius 1 is 1.24 bits per heavy atom. The quantitative estimate of drug-likeness (QED) is 0.896. The maximum atomic E-state index is 5.84. The number of thiophene rings is 1. The Bertz CT molecular complexity index is 446. The van der Waals surface area contributed by atoms with Gasteiger partial charge >= 0.3 is 0 Å². The number of hydrogen-bond acceptors (Lipinski definition) is 3. The van der Waals surface area contributed by atoms with Crippen LogP contribution in [0.15, 0.2) is 41.1 Å². The first-order chi connectivity index (χ1) is 8.16. The molecule has 17 heavy (non-hydrogen) atoms. The first kappa shape index (κ1) is 12.1. The van der Waals surface area contributed by atoms with Crippen LogP contribution in [0.3, 0.4) is 0 Å². The van der Waals surface area contributed by atoms with E-state index in [1.54, 1.807) is 11.3 Å². The molecular formula is C14H18N2S. The highest BCUT2D eigenvalue weighted by atomic mass is 32.1. The lowest BCUT2D eigenvalue weighted by Gasteiger charge is -2.19. The van der Waals surface area contributed by atoms with Crippen molar-refractivity contribution in [3.05, 3.63) is 52.2 Å². The molecule has 0 radical (unpaired) electrons. The minimum absolute atomic E-state index is 0.103. The van der Waals surface area contributed by atoms with E-state index in [1.165, 1.54) is 16.8 Å². The Balaban J connectivity index is 2.06. The van der Waals surface area contributed by atoms with Crippen LogP contribution in [-0.4, -0.2) is 7.05 Å². The van der Waals surface area contributed by atoms with E-state index in [9.17, 15) is 0 Å². The summed E-state index contributed by atoms with van der Waals surface area (Å²) in [5.74, 6) is 0. The zero-order valence-electron chi connectivity index (χ0n) is 10.3. The van der Waals surface area contributed by atoms with Crippen LogP contribution in [0.1, 0.15) is 24.1 Å². The Kier molecular flexibility index (Phi) is 3.82. The molecule has 0 spiro atoms. The van der Waals surface area contributed by atoms with Gasteiger partial charge < -0.3 is 10.6 Å². The molecule has 0 aliphatic carbocycles. The number of anilines is 1. The summed E-state index contributed by atoms with van der Waals surface area (Å²) in [4.78, 5) is 2.24. The molecule has 1 atom stereocenters. The summed E-state index contributed by atoms with van der Waals surface area (Å²) in [5, 5.41) is 4.30. The minimum Gasteiger partial charge on any atom is -0.370 e. The van der Waals surface area contributed by atoms with Gasteiger partial charge in [0.1, 0.15) is 0 Å². The highest BCUT2D eigenvalue weighted by Gasteiger charge is 2.04. The van der Waals surface area contributed by atoms with Crippen molar-refractivity contribution in [3.63, 3.8) is 0 Å². The normalized spacial score (nSPS) is 12.4. The van der Waals surface area contributed by atoms with Gasteiger partial charge in [-0.2, -0.15) is 11.3 Å². The average Bonchev–Trinajstić information content (AvgIpc) is 2.82. The number of rotatable bonds is 4.